The molecule has 0 aromatic heterocycles. The van der Waals surface area contributed by atoms with Gasteiger partial charge in [-0.05, 0) is 56.4 Å². The Balaban J connectivity index is 2.19. The number of ether oxygens (including phenoxy) is 1. The van der Waals surface area contributed by atoms with Crippen LogP contribution in [0.1, 0.15) is 38.7 Å². The third-order valence-electron chi connectivity index (χ3n) is 3.85. The fourth-order valence-electron chi connectivity index (χ4n) is 2.50. The van der Waals surface area contributed by atoms with Gasteiger partial charge >= 0.3 is 6.73 Å². The zero-order valence-electron chi connectivity index (χ0n) is 13.5. The van der Waals surface area contributed by atoms with Gasteiger partial charge in [-0.3, -0.25) is 4.85 Å². The fourth-order valence-corrected chi connectivity index (χ4v) is 3.42. The number of hydrogen-bond acceptors (Lipinski definition) is 3. The number of hydrogen-bond donors (Lipinski definition) is 1. The summed E-state index contributed by atoms with van der Waals surface area (Å²) in [5.74, 6) is 0.639. The molecular formula is C17H22N2O3S. The summed E-state index contributed by atoms with van der Waals surface area (Å²) in [5.41, 5.74) is 1.99. The van der Waals surface area contributed by atoms with Crippen molar-refractivity contribution >= 4 is 15.6 Å². The van der Waals surface area contributed by atoms with Gasteiger partial charge < -0.3 is 4.74 Å². The summed E-state index contributed by atoms with van der Waals surface area (Å²) in [4.78, 5) is 3.15. The van der Waals surface area contributed by atoms with Crippen molar-refractivity contribution in [3.8, 4) is 5.75 Å². The van der Waals surface area contributed by atoms with Crippen molar-refractivity contribution in [2.75, 3.05) is 6.73 Å². The van der Waals surface area contributed by atoms with Crippen LogP contribution in [-0.2, 0) is 10.0 Å². The van der Waals surface area contributed by atoms with E-state index in [0.29, 0.717) is 5.75 Å². The molecule has 0 radical (unpaired) electrons. The molecule has 1 atom stereocenters. The number of rotatable bonds is 6. The zero-order valence-corrected chi connectivity index (χ0v) is 14.3. The molecule has 2 rings (SSSR count). The quantitative estimate of drug-likeness (QED) is 0.813. The Morgan fingerprint density at radius 3 is 2.65 bits per heavy atom. The average molecular weight is 334 g/mol. The first-order valence-electron chi connectivity index (χ1n) is 7.71. The minimum atomic E-state index is -3.31. The Hall–Kier alpha value is -1.84. The summed E-state index contributed by atoms with van der Waals surface area (Å²) in [5, 5.41) is -0.449. The fraction of sp³-hybridized carbons (Fsp3) is 0.471. The predicted molar refractivity (Wildman–Crippen MR) is 91.3 cm³/mol. The highest BCUT2D eigenvalue weighted by Gasteiger charge is 2.26. The Kier molecular flexibility index (Phi) is 5.80. The number of nitrogens with zero attached hydrogens (tertiary/aromatic N) is 1. The van der Waals surface area contributed by atoms with Crippen molar-refractivity contribution in [2.24, 2.45) is 0 Å². The molecular weight excluding hydrogens is 312 g/mol. The highest BCUT2D eigenvalue weighted by molar-refractivity contribution is 7.90. The normalized spacial score (nSPS) is 18.3. The highest BCUT2D eigenvalue weighted by Crippen LogP contribution is 2.29. The third kappa shape index (κ3) is 4.57. The van der Waals surface area contributed by atoms with Gasteiger partial charge in [-0.1, -0.05) is 18.2 Å². The molecule has 23 heavy (non-hydrogen) atoms. The third-order valence-corrected chi connectivity index (χ3v) is 5.70. The van der Waals surface area contributed by atoms with Crippen LogP contribution in [-0.4, -0.2) is 26.4 Å². The zero-order chi connectivity index (χ0) is 16.9. The standard InChI is InChI=1S/C17H22N2O3S/c1-13(2)23(20,21)19-17-7-5-4-6-16(17)14-8-10-15(11-9-14)22-12-18-3/h6,8-11,13,17,19H,4-5,7,12H2,1-2H3. The second kappa shape index (κ2) is 7.62. The molecule has 1 aromatic carbocycles. The summed E-state index contributed by atoms with van der Waals surface area (Å²) in [6.07, 6.45) is 4.83. The van der Waals surface area contributed by atoms with Gasteiger partial charge in [0.05, 0.1) is 5.25 Å². The van der Waals surface area contributed by atoms with Crippen LogP contribution in [0, 0.1) is 6.57 Å². The molecule has 0 bridgehead atoms. The first kappa shape index (κ1) is 17.5. The van der Waals surface area contributed by atoms with Gasteiger partial charge in [0.15, 0.2) is 0 Å². The minimum absolute atomic E-state index is 0.00114. The monoisotopic (exact) mass is 334 g/mol. The molecule has 0 amide bonds. The van der Waals surface area contributed by atoms with Crippen LogP contribution in [0.5, 0.6) is 5.75 Å². The van der Waals surface area contributed by atoms with Crippen LogP contribution in [0.4, 0.5) is 0 Å². The maximum Gasteiger partial charge on any atom is 0.357 e. The molecule has 1 aliphatic rings. The van der Waals surface area contributed by atoms with Crippen molar-refractivity contribution in [2.45, 2.75) is 44.4 Å². The van der Waals surface area contributed by atoms with E-state index >= 15 is 0 Å². The first-order chi connectivity index (χ1) is 10.9. The van der Waals surface area contributed by atoms with E-state index in [0.717, 1.165) is 30.4 Å². The highest BCUT2D eigenvalue weighted by atomic mass is 32.2. The summed E-state index contributed by atoms with van der Waals surface area (Å²) in [6, 6.07) is 7.25. The van der Waals surface area contributed by atoms with Gasteiger partial charge in [-0.2, -0.15) is 0 Å². The van der Waals surface area contributed by atoms with E-state index in [-0.39, 0.29) is 12.8 Å². The Bertz CT molecular complexity index is 700. The van der Waals surface area contributed by atoms with E-state index in [1.54, 1.807) is 13.8 Å². The molecule has 6 heteroatoms. The molecule has 1 aromatic rings. The molecule has 0 fully saturated rings. The first-order valence-corrected chi connectivity index (χ1v) is 9.26. The van der Waals surface area contributed by atoms with Crippen molar-refractivity contribution in [3.63, 3.8) is 0 Å². The summed E-state index contributed by atoms with van der Waals surface area (Å²) in [6.45, 7) is 10.1. The molecule has 1 N–H and O–H groups in total. The van der Waals surface area contributed by atoms with Crippen LogP contribution >= 0.6 is 0 Å². The maximum atomic E-state index is 12.2. The largest absolute Gasteiger partial charge is 0.426 e. The lowest BCUT2D eigenvalue weighted by atomic mass is 9.90. The summed E-state index contributed by atoms with van der Waals surface area (Å²) < 4.78 is 32.4. The van der Waals surface area contributed by atoms with Crippen LogP contribution < -0.4 is 9.46 Å². The van der Waals surface area contributed by atoms with Gasteiger partial charge in [-0.15, -0.1) is 0 Å². The Morgan fingerprint density at radius 1 is 1.35 bits per heavy atom. The molecule has 0 saturated carbocycles. The number of allylic oxidation sites excluding steroid dienone is 1. The lowest BCUT2D eigenvalue weighted by Crippen LogP contribution is -2.40. The van der Waals surface area contributed by atoms with Crippen LogP contribution in [0.15, 0.2) is 30.3 Å². The van der Waals surface area contributed by atoms with E-state index in [2.05, 4.69) is 15.6 Å². The molecule has 0 saturated heterocycles. The lowest BCUT2D eigenvalue weighted by molar-refractivity contribution is 0.361. The van der Waals surface area contributed by atoms with Gasteiger partial charge in [0, 0.05) is 6.04 Å². The van der Waals surface area contributed by atoms with Gasteiger partial charge in [0.25, 0.3) is 0 Å². The van der Waals surface area contributed by atoms with E-state index in [1.165, 1.54) is 0 Å². The number of benzene rings is 1. The van der Waals surface area contributed by atoms with E-state index in [1.807, 2.05) is 24.3 Å². The molecule has 1 aliphatic carbocycles. The number of nitrogens with one attached hydrogen (secondary N) is 1. The van der Waals surface area contributed by atoms with E-state index in [4.69, 9.17) is 11.3 Å². The van der Waals surface area contributed by atoms with Crippen molar-refractivity contribution in [1.82, 2.24) is 4.72 Å². The molecule has 0 aliphatic heterocycles. The predicted octanol–water partition coefficient (Wildman–Crippen LogP) is 3.21. The van der Waals surface area contributed by atoms with Crippen molar-refractivity contribution < 1.29 is 13.2 Å². The molecule has 0 heterocycles. The van der Waals surface area contributed by atoms with Crippen molar-refractivity contribution in [1.29, 1.82) is 0 Å². The molecule has 5 nitrogen and oxygen atoms in total. The van der Waals surface area contributed by atoms with Gasteiger partial charge in [0.2, 0.25) is 10.0 Å². The smallest absolute Gasteiger partial charge is 0.357 e. The van der Waals surface area contributed by atoms with Gasteiger partial charge in [-0.25, -0.2) is 19.7 Å². The average Bonchev–Trinajstić information content (AvgIpc) is 2.53. The molecule has 124 valence electrons. The summed E-state index contributed by atoms with van der Waals surface area (Å²) in [7, 11) is -3.31. The van der Waals surface area contributed by atoms with Crippen LogP contribution in [0.2, 0.25) is 0 Å². The lowest BCUT2D eigenvalue weighted by Gasteiger charge is -2.26. The van der Waals surface area contributed by atoms with E-state index < -0.39 is 15.3 Å². The Morgan fingerprint density at radius 2 is 2.04 bits per heavy atom. The maximum absolute atomic E-state index is 12.2. The van der Waals surface area contributed by atoms with Crippen molar-refractivity contribution in [3.05, 3.63) is 47.3 Å². The molecule has 0 spiro atoms. The van der Waals surface area contributed by atoms with Crippen LogP contribution in [0.3, 0.4) is 0 Å². The van der Waals surface area contributed by atoms with Gasteiger partial charge in [0.1, 0.15) is 5.75 Å². The Labute approximate surface area is 138 Å². The number of sulfonamides is 1. The second-order valence-corrected chi connectivity index (χ2v) is 8.08. The van der Waals surface area contributed by atoms with Crippen LogP contribution in [0.25, 0.3) is 10.4 Å². The molecule has 1 unspecified atom stereocenters. The second-order valence-electron chi connectivity index (χ2n) is 5.81. The topological polar surface area (TPSA) is 59.8 Å². The minimum Gasteiger partial charge on any atom is -0.426 e. The summed E-state index contributed by atoms with van der Waals surface area (Å²) >= 11 is 0. The SMILES string of the molecule is [C-]#[N+]COc1ccc(C2=CCCCC2NS(=O)(=O)C(C)C)cc1. The van der Waals surface area contributed by atoms with E-state index in [9.17, 15) is 8.42 Å².